The monoisotopic (exact) mass is 581 g/mol. The van der Waals surface area contributed by atoms with Crippen molar-refractivity contribution in [2.75, 3.05) is 38.2 Å². The maximum Gasteiger partial charge on any atom is 0.268 e. The molecule has 2 heterocycles. The van der Waals surface area contributed by atoms with E-state index in [9.17, 15) is 8.42 Å². The summed E-state index contributed by atoms with van der Waals surface area (Å²) in [4.78, 5) is 5.03. The van der Waals surface area contributed by atoms with Crippen LogP contribution in [0.25, 0.3) is 10.9 Å². The van der Waals surface area contributed by atoms with Crippen LogP contribution in [0.2, 0.25) is 0 Å². The van der Waals surface area contributed by atoms with Crippen LogP contribution in [-0.2, 0) is 16.6 Å². The number of halogens is 1. The van der Waals surface area contributed by atoms with Crippen LogP contribution in [0.4, 0.5) is 5.69 Å². The van der Waals surface area contributed by atoms with Crippen molar-refractivity contribution in [3.63, 3.8) is 0 Å². The van der Waals surface area contributed by atoms with Crippen LogP contribution in [-0.4, -0.2) is 50.6 Å². The molecule has 1 saturated heterocycles. The number of para-hydroxylation sites is 2. The molecule has 8 heteroatoms. The van der Waals surface area contributed by atoms with E-state index in [1.807, 2.05) is 48.5 Å². The molecule has 1 aliphatic heterocycles. The number of nitrogens with zero attached hydrogens (tertiary/aromatic N) is 3. The van der Waals surface area contributed by atoms with Crippen molar-refractivity contribution in [1.29, 1.82) is 0 Å². The maximum absolute atomic E-state index is 13.7. The van der Waals surface area contributed by atoms with Gasteiger partial charge in [0.2, 0.25) is 0 Å². The van der Waals surface area contributed by atoms with E-state index in [0.717, 1.165) is 58.6 Å². The summed E-state index contributed by atoms with van der Waals surface area (Å²) in [6.45, 7) is 8.39. The Kier molecular flexibility index (Phi) is 7.34. The van der Waals surface area contributed by atoms with Gasteiger partial charge >= 0.3 is 0 Å². The fraction of sp³-hybridized carbons (Fsp3) is 0.310. The number of ether oxygens (including phenoxy) is 1. The molecule has 1 fully saturated rings. The van der Waals surface area contributed by atoms with Gasteiger partial charge in [0.15, 0.2) is 0 Å². The zero-order valence-electron chi connectivity index (χ0n) is 21.4. The quantitative estimate of drug-likeness (QED) is 0.264. The molecule has 37 heavy (non-hydrogen) atoms. The highest BCUT2D eigenvalue weighted by Crippen LogP contribution is 2.32. The highest BCUT2D eigenvalue weighted by atomic mass is 79.9. The minimum absolute atomic E-state index is 0.300. The number of rotatable bonds is 7. The highest BCUT2D eigenvalue weighted by molar-refractivity contribution is 9.10. The highest BCUT2D eigenvalue weighted by Gasteiger charge is 2.24. The second-order valence-corrected chi connectivity index (χ2v) is 12.5. The number of anilines is 1. The topological polar surface area (TPSA) is 54.8 Å². The Morgan fingerprint density at radius 2 is 1.65 bits per heavy atom. The molecule has 0 unspecified atom stereocenters. The molecule has 194 valence electrons. The van der Waals surface area contributed by atoms with Crippen LogP contribution in [0.3, 0.4) is 0 Å². The summed E-state index contributed by atoms with van der Waals surface area (Å²) in [6.07, 6.45) is 1.80. The number of fused-ring (bicyclic) bond motifs is 1. The average molecular weight is 583 g/mol. The number of piperazine rings is 1. The van der Waals surface area contributed by atoms with Gasteiger partial charge < -0.3 is 9.64 Å². The zero-order valence-corrected chi connectivity index (χ0v) is 23.8. The molecule has 0 aliphatic carbocycles. The van der Waals surface area contributed by atoms with Crippen molar-refractivity contribution in [2.45, 2.75) is 31.2 Å². The molecule has 3 aromatic carbocycles. The molecule has 0 saturated carbocycles. The Morgan fingerprint density at radius 3 is 2.32 bits per heavy atom. The molecule has 0 radical (unpaired) electrons. The van der Waals surface area contributed by atoms with Crippen LogP contribution in [0.1, 0.15) is 30.9 Å². The first-order valence-corrected chi connectivity index (χ1v) is 14.8. The van der Waals surface area contributed by atoms with Gasteiger partial charge in [0.05, 0.1) is 23.2 Å². The predicted octanol–water partition coefficient (Wildman–Crippen LogP) is 6.10. The van der Waals surface area contributed by atoms with Crippen molar-refractivity contribution < 1.29 is 13.2 Å². The normalized spacial score (nSPS) is 15.0. The minimum atomic E-state index is -3.73. The van der Waals surface area contributed by atoms with Gasteiger partial charge in [-0.3, -0.25) is 4.90 Å². The number of hydrogen-bond acceptors (Lipinski definition) is 5. The van der Waals surface area contributed by atoms with Gasteiger partial charge in [0, 0.05) is 48.8 Å². The molecule has 5 rings (SSSR count). The number of hydrogen-bond donors (Lipinski definition) is 0. The summed E-state index contributed by atoms with van der Waals surface area (Å²) in [5.74, 6) is 1.23. The molecule has 6 nitrogen and oxygen atoms in total. The Morgan fingerprint density at radius 1 is 0.946 bits per heavy atom. The molecule has 0 amide bonds. The van der Waals surface area contributed by atoms with E-state index < -0.39 is 10.0 Å². The van der Waals surface area contributed by atoms with E-state index >= 15 is 0 Å². The first kappa shape index (κ1) is 25.8. The second kappa shape index (κ2) is 10.5. The lowest BCUT2D eigenvalue weighted by Crippen LogP contribution is -2.46. The molecule has 1 aromatic heterocycles. The lowest BCUT2D eigenvalue weighted by atomic mass is 10.0. The molecule has 0 N–H and O–H groups in total. The summed E-state index contributed by atoms with van der Waals surface area (Å²) in [5, 5.41) is 0.948. The van der Waals surface area contributed by atoms with E-state index in [2.05, 4.69) is 45.6 Å². The van der Waals surface area contributed by atoms with Gasteiger partial charge in [-0.2, -0.15) is 0 Å². The zero-order chi connectivity index (χ0) is 26.2. The van der Waals surface area contributed by atoms with E-state index in [1.54, 1.807) is 25.4 Å². The summed E-state index contributed by atoms with van der Waals surface area (Å²) < 4.78 is 35.3. The number of methoxy groups -OCH3 is 1. The van der Waals surface area contributed by atoms with Crippen molar-refractivity contribution in [3.8, 4) is 5.75 Å². The molecular formula is C29H32BrN3O3S. The van der Waals surface area contributed by atoms with Crippen LogP contribution in [0, 0.1) is 0 Å². The Labute approximate surface area is 227 Å². The third-order valence-electron chi connectivity index (χ3n) is 7.11. The minimum Gasteiger partial charge on any atom is -0.495 e. The average Bonchev–Trinajstić information content (AvgIpc) is 3.27. The summed E-state index contributed by atoms with van der Waals surface area (Å²) in [5.41, 5.74) is 3.93. The first-order chi connectivity index (χ1) is 17.8. The first-order valence-electron chi connectivity index (χ1n) is 12.5. The van der Waals surface area contributed by atoms with E-state index in [-0.39, 0.29) is 0 Å². The van der Waals surface area contributed by atoms with Crippen molar-refractivity contribution in [2.24, 2.45) is 0 Å². The molecule has 1 aliphatic rings. The maximum atomic E-state index is 13.7. The van der Waals surface area contributed by atoms with Crippen molar-refractivity contribution >= 4 is 42.5 Å². The lowest BCUT2D eigenvalue weighted by Gasteiger charge is -2.36. The largest absolute Gasteiger partial charge is 0.495 e. The van der Waals surface area contributed by atoms with E-state index in [4.69, 9.17) is 4.74 Å². The van der Waals surface area contributed by atoms with Gasteiger partial charge in [0.1, 0.15) is 5.75 Å². The fourth-order valence-corrected chi connectivity index (χ4v) is 6.73. The molecule has 4 aromatic rings. The summed E-state index contributed by atoms with van der Waals surface area (Å²) >= 11 is 3.57. The third kappa shape index (κ3) is 5.15. The number of aromatic nitrogens is 1. The Bertz CT molecular complexity index is 1510. The van der Waals surface area contributed by atoms with Crippen molar-refractivity contribution in [1.82, 2.24) is 8.87 Å². The standard InChI is InChI=1S/C29H32BrN3O3S/c1-21(2)22-8-11-25(12-9-22)37(34,35)33-20-23(26-18-24(30)10-13-27(26)33)19-31-14-16-32(17-15-31)28-6-4-5-7-29(28)36-3/h4-13,18,20-21H,14-17,19H2,1-3H3. The van der Waals surface area contributed by atoms with Gasteiger partial charge in [-0.25, -0.2) is 12.4 Å². The van der Waals surface area contributed by atoms with E-state index in [1.165, 1.54) is 3.97 Å². The lowest BCUT2D eigenvalue weighted by molar-refractivity contribution is 0.250. The summed E-state index contributed by atoms with van der Waals surface area (Å²) in [7, 11) is -2.03. The van der Waals surface area contributed by atoms with Crippen LogP contribution < -0.4 is 9.64 Å². The van der Waals surface area contributed by atoms with Crippen LogP contribution >= 0.6 is 15.9 Å². The van der Waals surface area contributed by atoms with Gasteiger partial charge in [0.25, 0.3) is 10.0 Å². The van der Waals surface area contributed by atoms with Gasteiger partial charge in [-0.15, -0.1) is 0 Å². The van der Waals surface area contributed by atoms with Crippen LogP contribution in [0.5, 0.6) is 5.75 Å². The molecule has 0 bridgehead atoms. The van der Waals surface area contributed by atoms with Gasteiger partial charge in [-0.1, -0.05) is 54.0 Å². The van der Waals surface area contributed by atoms with Crippen molar-refractivity contribution in [3.05, 3.63) is 88.5 Å². The number of benzene rings is 3. The second-order valence-electron chi connectivity index (χ2n) is 9.78. The smallest absolute Gasteiger partial charge is 0.268 e. The predicted molar refractivity (Wildman–Crippen MR) is 153 cm³/mol. The van der Waals surface area contributed by atoms with Crippen LogP contribution in [0.15, 0.2) is 82.3 Å². The Balaban J connectivity index is 1.41. The fourth-order valence-electron chi connectivity index (χ4n) is 4.98. The molecule has 0 atom stereocenters. The van der Waals surface area contributed by atoms with Gasteiger partial charge in [-0.05, 0) is 59.5 Å². The Hall–Kier alpha value is -2.81. The van der Waals surface area contributed by atoms with E-state index in [0.29, 0.717) is 22.9 Å². The molecule has 0 spiro atoms. The SMILES string of the molecule is COc1ccccc1N1CCN(Cc2cn(S(=O)(=O)c3ccc(C(C)C)cc3)c3ccc(Br)cc23)CC1. The third-order valence-corrected chi connectivity index (χ3v) is 9.29. The molecular weight excluding hydrogens is 550 g/mol. The summed E-state index contributed by atoms with van der Waals surface area (Å²) in [6, 6.07) is 21.1.